The van der Waals surface area contributed by atoms with E-state index >= 15 is 0 Å². The summed E-state index contributed by atoms with van der Waals surface area (Å²) in [5.74, 6) is -15.0. The van der Waals surface area contributed by atoms with Gasteiger partial charge in [0.15, 0.2) is 0 Å². The zero-order valence-corrected chi connectivity index (χ0v) is 10.4. The van der Waals surface area contributed by atoms with Gasteiger partial charge in [0.25, 0.3) is 0 Å². The highest BCUT2D eigenvalue weighted by atomic mass is 35.5. The molecule has 112 valence electrons. The van der Waals surface area contributed by atoms with Crippen LogP contribution in [-0.2, 0) is 0 Å². The molecule has 0 aliphatic rings. The Kier molecular flexibility index (Phi) is 4.11. The minimum Gasteiger partial charge on any atom is -0.287 e. The van der Waals surface area contributed by atoms with Crippen LogP contribution in [0.15, 0.2) is 18.2 Å². The van der Waals surface area contributed by atoms with Crippen LogP contribution in [0.2, 0.25) is 5.02 Å². The van der Waals surface area contributed by atoms with Gasteiger partial charge in [-0.05, 0) is 18.6 Å². The van der Waals surface area contributed by atoms with E-state index in [2.05, 4.69) is 0 Å². The zero-order valence-electron chi connectivity index (χ0n) is 9.66. The van der Waals surface area contributed by atoms with Crippen LogP contribution < -0.4 is 0 Å². The lowest BCUT2D eigenvalue weighted by atomic mass is 9.96. The lowest BCUT2D eigenvalue weighted by molar-refractivity contribution is -0.339. The van der Waals surface area contributed by atoms with E-state index in [0.717, 1.165) is 13.0 Å². The van der Waals surface area contributed by atoms with Crippen molar-refractivity contribution in [2.45, 2.75) is 24.9 Å². The van der Waals surface area contributed by atoms with Gasteiger partial charge in [-0.2, -0.15) is 30.7 Å². The highest BCUT2D eigenvalue weighted by Crippen LogP contribution is 2.48. The van der Waals surface area contributed by atoms with Crippen LogP contribution in [0.4, 0.5) is 30.7 Å². The Morgan fingerprint density at radius 3 is 2.00 bits per heavy atom. The molecule has 0 aliphatic carbocycles. The molecule has 0 spiro atoms. The van der Waals surface area contributed by atoms with Crippen molar-refractivity contribution in [1.82, 2.24) is 0 Å². The van der Waals surface area contributed by atoms with Gasteiger partial charge in [-0.3, -0.25) is 4.79 Å². The lowest BCUT2D eigenvalue weighted by Gasteiger charge is -2.27. The molecule has 0 radical (unpaired) electrons. The maximum Gasteiger partial charge on any atom is 0.460 e. The molecule has 0 aliphatic heterocycles. The van der Waals surface area contributed by atoms with Gasteiger partial charge >= 0.3 is 18.0 Å². The highest BCUT2D eigenvalue weighted by molar-refractivity contribution is 6.32. The van der Waals surface area contributed by atoms with Crippen LogP contribution in [0.1, 0.15) is 15.9 Å². The van der Waals surface area contributed by atoms with Gasteiger partial charge in [0.05, 0.1) is 0 Å². The molecule has 0 atom stereocenters. The highest BCUT2D eigenvalue weighted by Gasteiger charge is 2.76. The SMILES string of the molecule is Cc1c(Cl)cccc1C(=O)C(F)(F)C(F)(F)C(F)(F)F. The Morgan fingerprint density at radius 2 is 1.55 bits per heavy atom. The van der Waals surface area contributed by atoms with Crippen LogP contribution in [0.5, 0.6) is 0 Å². The van der Waals surface area contributed by atoms with Gasteiger partial charge in [0.2, 0.25) is 5.78 Å². The predicted octanol–water partition coefficient (Wildman–Crippen LogP) is 4.66. The number of Topliss-reactive ketones (excluding diaryl/α,β-unsaturated/α-hetero) is 1. The van der Waals surface area contributed by atoms with E-state index in [-0.39, 0.29) is 10.6 Å². The van der Waals surface area contributed by atoms with Crippen molar-refractivity contribution in [2.75, 3.05) is 0 Å². The number of ketones is 1. The van der Waals surface area contributed by atoms with Gasteiger partial charge in [0.1, 0.15) is 0 Å². The molecule has 0 fully saturated rings. The summed E-state index contributed by atoms with van der Waals surface area (Å²) >= 11 is 5.51. The first-order chi connectivity index (χ1) is 8.84. The molecule has 9 heteroatoms. The number of carbonyl (C=O) groups is 1. The summed E-state index contributed by atoms with van der Waals surface area (Å²) in [5.41, 5.74) is -1.30. The summed E-state index contributed by atoms with van der Waals surface area (Å²) in [5, 5.41) is -0.207. The fourth-order valence-corrected chi connectivity index (χ4v) is 1.52. The first-order valence-corrected chi connectivity index (χ1v) is 5.34. The zero-order chi connectivity index (χ0) is 15.9. The molecule has 1 nitrogen and oxygen atoms in total. The van der Waals surface area contributed by atoms with Crippen LogP contribution in [0, 0.1) is 6.92 Å². The van der Waals surface area contributed by atoms with Crippen molar-refractivity contribution >= 4 is 17.4 Å². The van der Waals surface area contributed by atoms with Crippen molar-refractivity contribution in [3.8, 4) is 0 Å². The molecule has 0 saturated heterocycles. The van der Waals surface area contributed by atoms with Gasteiger partial charge in [-0.15, -0.1) is 0 Å². The van der Waals surface area contributed by atoms with E-state index in [1.807, 2.05) is 0 Å². The van der Waals surface area contributed by atoms with Gasteiger partial charge in [0, 0.05) is 10.6 Å². The summed E-state index contributed by atoms with van der Waals surface area (Å²) in [4.78, 5) is 11.3. The van der Waals surface area contributed by atoms with Gasteiger partial charge in [-0.1, -0.05) is 23.7 Å². The second kappa shape index (κ2) is 4.91. The number of hydrogen-bond acceptors (Lipinski definition) is 1. The Balaban J connectivity index is 3.36. The second-order valence-corrected chi connectivity index (χ2v) is 4.30. The first-order valence-electron chi connectivity index (χ1n) is 4.96. The third-order valence-corrected chi connectivity index (χ3v) is 2.96. The maximum absolute atomic E-state index is 13.2. The van der Waals surface area contributed by atoms with E-state index in [9.17, 15) is 35.5 Å². The number of hydrogen-bond donors (Lipinski definition) is 0. The quantitative estimate of drug-likeness (QED) is 0.584. The van der Waals surface area contributed by atoms with Crippen LogP contribution >= 0.6 is 11.6 Å². The van der Waals surface area contributed by atoms with E-state index in [1.54, 1.807) is 0 Å². The lowest BCUT2D eigenvalue weighted by Crippen LogP contribution is -2.56. The smallest absolute Gasteiger partial charge is 0.287 e. The average molecular weight is 323 g/mol. The molecule has 0 N–H and O–H groups in total. The van der Waals surface area contributed by atoms with E-state index in [4.69, 9.17) is 11.6 Å². The second-order valence-electron chi connectivity index (χ2n) is 3.89. The molecular weight excluding hydrogens is 317 g/mol. The Morgan fingerprint density at radius 1 is 1.05 bits per heavy atom. The molecule has 0 aromatic heterocycles. The van der Waals surface area contributed by atoms with Gasteiger partial charge < -0.3 is 0 Å². The molecule has 0 saturated carbocycles. The van der Waals surface area contributed by atoms with Crippen molar-refractivity contribution in [1.29, 1.82) is 0 Å². The van der Waals surface area contributed by atoms with Crippen molar-refractivity contribution in [3.05, 3.63) is 34.3 Å². The third kappa shape index (κ3) is 2.48. The monoisotopic (exact) mass is 322 g/mol. The fourth-order valence-electron chi connectivity index (χ4n) is 1.34. The summed E-state index contributed by atoms with van der Waals surface area (Å²) < 4.78 is 87.9. The standard InChI is InChI=1S/C11H6ClF7O/c1-5-6(3-2-4-7(5)12)8(20)9(13,14)10(15,16)11(17,18)19/h2-4H,1H3. The molecular formula is C11H6ClF7O. The topological polar surface area (TPSA) is 17.1 Å². The van der Waals surface area contributed by atoms with Crippen LogP contribution in [-0.4, -0.2) is 23.8 Å². The first kappa shape index (κ1) is 16.7. The molecule has 0 bridgehead atoms. The Labute approximate surface area is 113 Å². The van der Waals surface area contributed by atoms with Crippen molar-refractivity contribution in [2.24, 2.45) is 0 Å². The number of benzene rings is 1. The fraction of sp³-hybridized carbons (Fsp3) is 0.364. The number of halogens is 8. The molecule has 20 heavy (non-hydrogen) atoms. The van der Waals surface area contributed by atoms with Gasteiger partial charge in [-0.25, -0.2) is 0 Å². The predicted molar refractivity (Wildman–Crippen MR) is 56.5 cm³/mol. The molecule has 1 aromatic rings. The molecule has 0 unspecified atom stereocenters. The number of rotatable bonds is 3. The maximum atomic E-state index is 13.2. The number of alkyl halides is 7. The van der Waals surface area contributed by atoms with E-state index in [1.165, 1.54) is 6.07 Å². The molecule has 0 heterocycles. The van der Waals surface area contributed by atoms with Crippen LogP contribution in [0.3, 0.4) is 0 Å². The van der Waals surface area contributed by atoms with Crippen molar-refractivity contribution in [3.63, 3.8) is 0 Å². The minimum atomic E-state index is -6.56. The summed E-state index contributed by atoms with van der Waals surface area (Å²) in [6.45, 7) is 1.05. The summed E-state index contributed by atoms with van der Waals surface area (Å²) in [6.07, 6.45) is -6.56. The Hall–Kier alpha value is -1.31. The Bertz CT molecular complexity index is 536. The van der Waals surface area contributed by atoms with E-state index in [0.29, 0.717) is 6.07 Å². The van der Waals surface area contributed by atoms with E-state index < -0.39 is 29.4 Å². The third-order valence-electron chi connectivity index (χ3n) is 2.55. The average Bonchev–Trinajstić information content (AvgIpc) is 2.30. The van der Waals surface area contributed by atoms with Crippen molar-refractivity contribution < 1.29 is 35.5 Å². The molecule has 0 amide bonds. The van der Waals surface area contributed by atoms with Crippen LogP contribution in [0.25, 0.3) is 0 Å². The largest absolute Gasteiger partial charge is 0.460 e. The molecule has 1 rings (SSSR count). The normalized spacial score (nSPS) is 13.4. The minimum absolute atomic E-state index is 0.207. The summed E-state index contributed by atoms with van der Waals surface area (Å²) in [7, 11) is 0. The summed E-state index contributed by atoms with van der Waals surface area (Å²) in [6, 6.07) is 2.86. The number of carbonyl (C=O) groups excluding carboxylic acids is 1. The molecule has 1 aromatic carbocycles.